The average Bonchev–Trinajstić information content (AvgIpc) is 3.18. The topological polar surface area (TPSA) is 102 Å². The number of nitrogens with one attached hydrogen (secondary N) is 1. The third-order valence-electron chi connectivity index (χ3n) is 4.33. The zero-order valence-electron chi connectivity index (χ0n) is 17.0. The van der Waals surface area contributed by atoms with Crippen LogP contribution in [0.2, 0.25) is 0 Å². The number of phenolic OH excluding ortho intramolecular Hbond substituents is 1. The fourth-order valence-electron chi connectivity index (χ4n) is 2.78. The van der Waals surface area contributed by atoms with Crippen LogP contribution in [0.1, 0.15) is 33.2 Å². The minimum Gasteiger partial charge on any atom is -0.507 e. The Bertz CT molecular complexity index is 1110. The van der Waals surface area contributed by atoms with E-state index in [0.717, 1.165) is 10.4 Å². The molecule has 0 spiro atoms. The SMILES string of the molecule is CCOC(=O)c1cc(-c2ccccc2)sc1NC(=O)COC(=O)c1cccc(C)c1O. The van der Waals surface area contributed by atoms with Crippen molar-refractivity contribution in [2.45, 2.75) is 13.8 Å². The molecule has 1 amide bonds. The number of carbonyl (C=O) groups is 3. The van der Waals surface area contributed by atoms with Crippen molar-refractivity contribution in [3.05, 3.63) is 71.3 Å². The highest BCUT2D eigenvalue weighted by Gasteiger charge is 2.21. The van der Waals surface area contributed by atoms with Crippen molar-refractivity contribution in [2.24, 2.45) is 0 Å². The molecular weight excluding hydrogens is 418 g/mol. The van der Waals surface area contributed by atoms with Gasteiger partial charge in [0.05, 0.1) is 12.2 Å². The monoisotopic (exact) mass is 439 g/mol. The summed E-state index contributed by atoms with van der Waals surface area (Å²) in [6.45, 7) is 2.96. The summed E-state index contributed by atoms with van der Waals surface area (Å²) in [4.78, 5) is 37.7. The van der Waals surface area contributed by atoms with Crippen LogP contribution in [0, 0.1) is 6.92 Å². The molecule has 3 rings (SSSR count). The predicted molar refractivity (Wildman–Crippen MR) is 117 cm³/mol. The zero-order valence-corrected chi connectivity index (χ0v) is 17.8. The summed E-state index contributed by atoms with van der Waals surface area (Å²) in [6, 6.07) is 15.7. The number of carbonyl (C=O) groups excluding carboxylic acids is 3. The molecule has 1 heterocycles. The molecule has 0 unspecified atom stereocenters. The van der Waals surface area contributed by atoms with Gasteiger partial charge in [-0.05, 0) is 37.1 Å². The first-order valence-corrected chi connectivity index (χ1v) is 10.3. The number of benzene rings is 2. The Morgan fingerprint density at radius 1 is 0.968 bits per heavy atom. The molecule has 160 valence electrons. The normalized spacial score (nSPS) is 10.4. The summed E-state index contributed by atoms with van der Waals surface area (Å²) in [6.07, 6.45) is 0. The Balaban J connectivity index is 1.74. The lowest BCUT2D eigenvalue weighted by molar-refractivity contribution is -0.119. The zero-order chi connectivity index (χ0) is 22.4. The highest BCUT2D eigenvalue weighted by molar-refractivity contribution is 7.20. The number of hydrogen-bond donors (Lipinski definition) is 2. The van der Waals surface area contributed by atoms with E-state index in [1.165, 1.54) is 17.4 Å². The lowest BCUT2D eigenvalue weighted by Crippen LogP contribution is -2.21. The van der Waals surface area contributed by atoms with Gasteiger partial charge in [-0.3, -0.25) is 4.79 Å². The van der Waals surface area contributed by atoms with Gasteiger partial charge in [-0.15, -0.1) is 11.3 Å². The Morgan fingerprint density at radius 3 is 2.39 bits per heavy atom. The molecule has 0 aliphatic rings. The minimum absolute atomic E-state index is 0.0255. The molecule has 0 atom stereocenters. The Labute approximate surface area is 183 Å². The summed E-state index contributed by atoms with van der Waals surface area (Å²) >= 11 is 1.22. The predicted octanol–water partition coefficient (Wildman–Crippen LogP) is 4.40. The van der Waals surface area contributed by atoms with E-state index in [1.54, 1.807) is 32.0 Å². The number of hydrogen-bond acceptors (Lipinski definition) is 7. The molecule has 8 heteroatoms. The number of aryl methyl sites for hydroxylation is 1. The number of amides is 1. The molecule has 0 bridgehead atoms. The maximum Gasteiger partial charge on any atom is 0.342 e. The van der Waals surface area contributed by atoms with Crippen LogP contribution < -0.4 is 5.32 Å². The maximum atomic E-state index is 12.4. The van der Waals surface area contributed by atoms with E-state index in [-0.39, 0.29) is 23.5 Å². The summed E-state index contributed by atoms with van der Waals surface area (Å²) in [5, 5.41) is 12.9. The summed E-state index contributed by atoms with van der Waals surface area (Å²) in [5.74, 6) is -2.19. The molecule has 2 N–H and O–H groups in total. The number of anilines is 1. The van der Waals surface area contributed by atoms with E-state index in [1.807, 2.05) is 30.3 Å². The Hall–Kier alpha value is -3.65. The third kappa shape index (κ3) is 5.29. The van der Waals surface area contributed by atoms with E-state index in [9.17, 15) is 19.5 Å². The summed E-state index contributed by atoms with van der Waals surface area (Å²) in [5.41, 5.74) is 1.61. The van der Waals surface area contributed by atoms with Crippen molar-refractivity contribution in [3.63, 3.8) is 0 Å². The number of esters is 2. The molecule has 0 aliphatic heterocycles. The number of thiophene rings is 1. The molecule has 0 saturated carbocycles. The van der Waals surface area contributed by atoms with Gasteiger partial charge in [0, 0.05) is 4.88 Å². The number of rotatable bonds is 7. The standard InChI is InChI=1S/C23H21NO6S/c1-3-29-23(28)17-12-18(15-9-5-4-6-10-15)31-21(17)24-19(25)13-30-22(27)16-11-7-8-14(2)20(16)26/h4-12,26H,3,13H2,1-2H3,(H,24,25). The van der Waals surface area contributed by atoms with Crippen LogP contribution in [-0.4, -0.2) is 36.2 Å². The van der Waals surface area contributed by atoms with Crippen LogP contribution in [-0.2, 0) is 14.3 Å². The van der Waals surface area contributed by atoms with Crippen molar-refractivity contribution in [3.8, 4) is 16.2 Å². The first-order chi connectivity index (χ1) is 14.9. The fraction of sp³-hybridized carbons (Fsp3) is 0.174. The van der Waals surface area contributed by atoms with Gasteiger partial charge in [0.15, 0.2) is 6.61 Å². The number of ether oxygens (including phenoxy) is 2. The van der Waals surface area contributed by atoms with Gasteiger partial charge in [-0.25, -0.2) is 9.59 Å². The van der Waals surface area contributed by atoms with Gasteiger partial charge in [0.2, 0.25) is 0 Å². The van der Waals surface area contributed by atoms with Crippen LogP contribution in [0.4, 0.5) is 5.00 Å². The molecule has 31 heavy (non-hydrogen) atoms. The van der Waals surface area contributed by atoms with Gasteiger partial charge < -0.3 is 19.9 Å². The minimum atomic E-state index is -0.821. The van der Waals surface area contributed by atoms with Crippen molar-refractivity contribution >= 4 is 34.2 Å². The largest absolute Gasteiger partial charge is 0.507 e. The van der Waals surface area contributed by atoms with Crippen molar-refractivity contribution in [1.82, 2.24) is 0 Å². The highest BCUT2D eigenvalue weighted by atomic mass is 32.1. The van der Waals surface area contributed by atoms with E-state index in [0.29, 0.717) is 10.6 Å². The molecule has 0 saturated heterocycles. The van der Waals surface area contributed by atoms with E-state index in [4.69, 9.17) is 9.47 Å². The second-order valence-corrected chi connectivity index (χ2v) is 7.59. The molecular formula is C23H21NO6S. The lowest BCUT2D eigenvalue weighted by atomic mass is 10.1. The summed E-state index contributed by atoms with van der Waals surface area (Å²) in [7, 11) is 0. The van der Waals surface area contributed by atoms with Gasteiger partial charge in [-0.2, -0.15) is 0 Å². The van der Waals surface area contributed by atoms with Crippen LogP contribution in [0.3, 0.4) is 0 Å². The van der Waals surface area contributed by atoms with Crippen LogP contribution in [0.25, 0.3) is 10.4 Å². The van der Waals surface area contributed by atoms with Crippen molar-refractivity contribution in [2.75, 3.05) is 18.5 Å². The molecule has 7 nitrogen and oxygen atoms in total. The second-order valence-electron chi connectivity index (χ2n) is 6.54. The van der Waals surface area contributed by atoms with Crippen LogP contribution in [0.5, 0.6) is 5.75 Å². The fourth-order valence-corrected chi connectivity index (χ4v) is 3.85. The van der Waals surface area contributed by atoms with Crippen molar-refractivity contribution in [1.29, 1.82) is 0 Å². The number of aromatic hydroxyl groups is 1. The van der Waals surface area contributed by atoms with Crippen LogP contribution >= 0.6 is 11.3 Å². The van der Waals surface area contributed by atoms with E-state index in [2.05, 4.69) is 5.32 Å². The molecule has 0 aliphatic carbocycles. The first-order valence-electron chi connectivity index (χ1n) is 9.52. The Morgan fingerprint density at radius 2 is 1.68 bits per heavy atom. The van der Waals surface area contributed by atoms with Gasteiger partial charge >= 0.3 is 11.9 Å². The molecule has 3 aromatic rings. The second kappa shape index (κ2) is 9.90. The van der Waals surface area contributed by atoms with Gasteiger partial charge in [-0.1, -0.05) is 42.5 Å². The van der Waals surface area contributed by atoms with E-state index < -0.39 is 24.5 Å². The van der Waals surface area contributed by atoms with E-state index >= 15 is 0 Å². The summed E-state index contributed by atoms with van der Waals surface area (Å²) < 4.78 is 10.1. The van der Waals surface area contributed by atoms with Crippen molar-refractivity contribution < 1.29 is 29.0 Å². The van der Waals surface area contributed by atoms with Gasteiger partial charge in [0.25, 0.3) is 5.91 Å². The molecule has 0 fully saturated rings. The quantitative estimate of drug-likeness (QED) is 0.529. The Kier molecular flexibility index (Phi) is 7.04. The average molecular weight is 439 g/mol. The lowest BCUT2D eigenvalue weighted by Gasteiger charge is -2.09. The third-order valence-corrected chi connectivity index (χ3v) is 5.43. The molecule has 1 aromatic heterocycles. The van der Waals surface area contributed by atoms with Gasteiger partial charge in [0.1, 0.15) is 16.3 Å². The first kappa shape index (κ1) is 22.0. The maximum absolute atomic E-state index is 12.4. The molecule has 0 radical (unpaired) electrons. The molecule has 2 aromatic carbocycles. The number of para-hydroxylation sites is 1. The van der Waals surface area contributed by atoms with Crippen LogP contribution in [0.15, 0.2) is 54.6 Å². The number of phenols is 1. The highest BCUT2D eigenvalue weighted by Crippen LogP contribution is 2.36. The smallest absolute Gasteiger partial charge is 0.342 e.